The summed E-state index contributed by atoms with van der Waals surface area (Å²) in [6.07, 6.45) is 0.613. The van der Waals surface area contributed by atoms with Gasteiger partial charge in [0.05, 0.1) is 0 Å². The number of Topliss-reactive ketones (excluding diaryl/α,β-unsaturated/α-hetero) is 1. The van der Waals surface area contributed by atoms with Gasteiger partial charge in [0, 0.05) is 0 Å². The fraction of sp³-hybridized carbons (Fsp3) is 0.278. The Labute approximate surface area is 124 Å². The van der Waals surface area contributed by atoms with Crippen LogP contribution in [0.3, 0.4) is 0 Å². The van der Waals surface area contributed by atoms with Gasteiger partial charge < -0.3 is 0 Å². The second-order valence-electron chi connectivity index (χ2n) is 5.55. The standard InChI is InChI=1S/C18H18N2O/c1-3-18(15-12-8-5-9-13-15)16(21)17(2,19-20-18)14-10-6-4-7-11-14/h4-13H,3H2,1-2H3/t17-,18+/m1/s1. The molecule has 0 aliphatic carbocycles. The van der Waals surface area contributed by atoms with E-state index in [0.29, 0.717) is 6.42 Å². The summed E-state index contributed by atoms with van der Waals surface area (Å²) in [7, 11) is 0. The Hall–Kier alpha value is -2.29. The van der Waals surface area contributed by atoms with Crippen LogP contribution in [0.15, 0.2) is 70.9 Å². The number of hydrogen-bond acceptors (Lipinski definition) is 3. The number of carbonyl (C=O) groups excluding carboxylic acids is 1. The molecule has 3 rings (SSSR count). The second kappa shape index (κ2) is 4.92. The molecular formula is C18H18N2O. The Kier molecular flexibility index (Phi) is 3.20. The summed E-state index contributed by atoms with van der Waals surface area (Å²) in [6.45, 7) is 3.84. The molecular weight excluding hydrogens is 260 g/mol. The number of ketones is 1. The van der Waals surface area contributed by atoms with Crippen LogP contribution in [-0.2, 0) is 15.9 Å². The van der Waals surface area contributed by atoms with Crippen molar-refractivity contribution < 1.29 is 4.79 Å². The van der Waals surface area contributed by atoms with Gasteiger partial charge in [-0.15, -0.1) is 0 Å². The van der Waals surface area contributed by atoms with Gasteiger partial charge in [-0.3, -0.25) is 4.79 Å². The van der Waals surface area contributed by atoms with E-state index in [1.165, 1.54) is 0 Å². The highest BCUT2D eigenvalue weighted by molar-refractivity contribution is 5.99. The smallest absolute Gasteiger partial charge is 0.200 e. The number of hydrogen-bond donors (Lipinski definition) is 0. The molecule has 3 heteroatoms. The van der Waals surface area contributed by atoms with E-state index in [-0.39, 0.29) is 5.78 Å². The van der Waals surface area contributed by atoms with Crippen LogP contribution in [0.4, 0.5) is 0 Å². The van der Waals surface area contributed by atoms with Crippen molar-refractivity contribution in [1.82, 2.24) is 0 Å². The van der Waals surface area contributed by atoms with Gasteiger partial charge in [-0.1, -0.05) is 67.6 Å². The van der Waals surface area contributed by atoms with Gasteiger partial charge in [-0.25, -0.2) is 0 Å². The largest absolute Gasteiger partial charge is 0.293 e. The average Bonchev–Trinajstić information content (AvgIpc) is 2.83. The van der Waals surface area contributed by atoms with Crippen molar-refractivity contribution in [2.75, 3.05) is 0 Å². The van der Waals surface area contributed by atoms with Crippen LogP contribution in [-0.4, -0.2) is 5.78 Å². The quantitative estimate of drug-likeness (QED) is 0.827. The first-order valence-corrected chi connectivity index (χ1v) is 7.23. The minimum absolute atomic E-state index is 0.0508. The Morgan fingerprint density at radius 3 is 1.90 bits per heavy atom. The summed E-state index contributed by atoms with van der Waals surface area (Å²) in [5.74, 6) is 0.0508. The van der Waals surface area contributed by atoms with E-state index >= 15 is 0 Å². The molecule has 21 heavy (non-hydrogen) atoms. The van der Waals surface area contributed by atoms with Crippen molar-refractivity contribution in [3.63, 3.8) is 0 Å². The average molecular weight is 278 g/mol. The number of benzene rings is 2. The molecule has 0 saturated heterocycles. The predicted molar refractivity (Wildman–Crippen MR) is 82.1 cm³/mol. The molecule has 0 saturated carbocycles. The van der Waals surface area contributed by atoms with Crippen molar-refractivity contribution in [3.05, 3.63) is 71.8 Å². The molecule has 3 nitrogen and oxygen atoms in total. The van der Waals surface area contributed by atoms with Crippen molar-refractivity contribution in [2.24, 2.45) is 10.2 Å². The molecule has 1 aliphatic heterocycles. The maximum atomic E-state index is 13.2. The van der Waals surface area contributed by atoms with Gasteiger partial charge in [0.2, 0.25) is 0 Å². The lowest BCUT2D eigenvalue weighted by atomic mass is 9.75. The summed E-state index contributed by atoms with van der Waals surface area (Å²) in [4.78, 5) is 13.2. The van der Waals surface area contributed by atoms with Crippen LogP contribution < -0.4 is 0 Å². The third-order valence-electron chi connectivity index (χ3n) is 4.34. The SMILES string of the molecule is CC[C@@]1(c2ccccc2)N=N[C@](C)(c2ccccc2)C1=O. The lowest BCUT2D eigenvalue weighted by Crippen LogP contribution is -2.40. The highest BCUT2D eigenvalue weighted by Crippen LogP contribution is 2.46. The molecule has 1 aliphatic rings. The zero-order valence-electron chi connectivity index (χ0n) is 12.3. The second-order valence-corrected chi connectivity index (χ2v) is 5.55. The van der Waals surface area contributed by atoms with Crippen molar-refractivity contribution in [1.29, 1.82) is 0 Å². The van der Waals surface area contributed by atoms with Gasteiger partial charge in [0.1, 0.15) is 0 Å². The van der Waals surface area contributed by atoms with Crippen LogP contribution >= 0.6 is 0 Å². The molecule has 0 bridgehead atoms. The van der Waals surface area contributed by atoms with Crippen LogP contribution in [0, 0.1) is 0 Å². The Balaban J connectivity index is 2.10. The van der Waals surface area contributed by atoms with E-state index in [9.17, 15) is 4.79 Å². The number of azo groups is 1. The monoisotopic (exact) mass is 278 g/mol. The fourth-order valence-corrected chi connectivity index (χ4v) is 2.97. The van der Waals surface area contributed by atoms with Gasteiger partial charge >= 0.3 is 0 Å². The Bertz CT molecular complexity index is 681. The molecule has 0 radical (unpaired) electrons. The summed E-state index contributed by atoms with van der Waals surface area (Å²) in [5.41, 5.74) is 0.0600. The van der Waals surface area contributed by atoms with Crippen LogP contribution in [0.5, 0.6) is 0 Å². The van der Waals surface area contributed by atoms with E-state index in [2.05, 4.69) is 10.2 Å². The van der Waals surface area contributed by atoms with Crippen molar-refractivity contribution in [3.8, 4) is 0 Å². The van der Waals surface area contributed by atoms with Crippen LogP contribution in [0.2, 0.25) is 0 Å². The topological polar surface area (TPSA) is 41.8 Å². The molecule has 1 heterocycles. The highest BCUT2D eigenvalue weighted by atomic mass is 16.1. The Morgan fingerprint density at radius 2 is 1.38 bits per heavy atom. The van der Waals surface area contributed by atoms with E-state index in [4.69, 9.17) is 0 Å². The first kappa shape index (κ1) is 13.7. The third-order valence-corrected chi connectivity index (χ3v) is 4.34. The lowest BCUT2D eigenvalue weighted by molar-refractivity contribution is -0.127. The minimum Gasteiger partial charge on any atom is -0.293 e. The molecule has 0 N–H and O–H groups in total. The molecule has 0 amide bonds. The molecule has 0 spiro atoms. The summed E-state index contributed by atoms with van der Waals surface area (Å²) in [5, 5.41) is 8.84. The number of nitrogens with zero attached hydrogens (tertiary/aromatic N) is 2. The van der Waals surface area contributed by atoms with Gasteiger partial charge in [0.15, 0.2) is 16.9 Å². The lowest BCUT2D eigenvalue weighted by Gasteiger charge is -2.26. The zero-order valence-corrected chi connectivity index (χ0v) is 12.3. The molecule has 0 aromatic heterocycles. The van der Waals surface area contributed by atoms with Gasteiger partial charge in [0.25, 0.3) is 0 Å². The summed E-state index contributed by atoms with van der Waals surface area (Å²) >= 11 is 0. The van der Waals surface area contributed by atoms with Gasteiger partial charge in [-0.05, 0) is 24.5 Å². The Morgan fingerprint density at radius 1 is 0.857 bits per heavy atom. The predicted octanol–water partition coefficient (Wildman–Crippen LogP) is 4.24. The van der Waals surface area contributed by atoms with Crippen LogP contribution in [0.25, 0.3) is 0 Å². The molecule has 0 fully saturated rings. The number of carbonyl (C=O) groups is 1. The van der Waals surface area contributed by atoms with E-state index < -0.39 is 11.1 Å². The molecule has 106 valence electrons. The normalized spacial score (nSPS) is 28.0. The van der Waals surface area contributed by atoms with E-state index in [1.54, 1.807) is 0 Å². The van der Waals surface area contributed by atoms with Crippen molar-refractivity contribution >= 4 is 5.78 Å². The first-order valence-electron chi connectivity index (χ1n) is 7.23. The highest BCUT2D eigenvalue weighted by Gasteiger charge is 2.54. The summed E-state index contributed by atoms with van der Waals surface area (Å²) in [6, 6.07) is 19.4. The zero-order chi connectivity index (χ0) is 14.9. The van der Waals surface area contributed by atoms with E-state index in [1.807, 2.05) is 74.5 Å². The molecule has 0 unspecified atom stereocenters. The summed E-state index contributed by atoms with van der Waals surface area (Å²) < 4.78 is 0. The third kappa shape index (κ3) is 1.92. The fourth-order valence-electron chi connectivity index (χ4n) is 2.97. The molecule has 2 atom stereocenters. The number of rotatable bonds is 3. The molecule has 2 aromatic rings. The van der Waals surface area contributed by atoms with E-state index in [0.717, 1.165) is 11.1 Å². The maximum Gasteiger partial charge on any atom is 0.200 e. The maximum absolute atomic E-state index is 13.2. The van der Waals surface area contributed by atoms with Crippen molar-refractivity contribution in [2.45, 2.75) is 31.3 Å². The molecule has 2 aromatic carbocycles. The van der Waals surface area contributed by atoms with Gasteiger partial charge in [-0.2, -0.15) is 10.2 Å². The minimum atomic E-state index is -0.896. The van der Waals surface area contributed by atoms with Crippen LogP contribution in [0.1, 0.15) is 31.4 Å². The first-order chi connectivity index (χ1) is 10.1.